The van der Waals surface area contributed by atoms with Crippen molar-refractivity contribution in [2.24, 2.45) is 0 Å². The molecule has 0 spiro atoms. The lowest BCUT2D eigenvalue weighted by molar-refractivity contribution is -0.139. The SMILES string of the molecule is Fc1ccc(Nc2ncc(C(F)(F)F)c(OC3CCCC3)n2)cc1. The van der Waals surface area contributed by atoms with Gasteiger partial charge in [-0.3, -0.25) is 0 Å². The fourth-order valence-corrected chi connectivity index (χ4v) is 2.54. The van der Waals surface area contributed by atoms with Gasteiger partial charge in [0.2, 0.25) is 11.8 Å². The van der Waals surface area contributed by atoms with Gasteiger partial charge in [-0.1, -0.05) is 0 Å². The smallest absolute Gasteiger partial charge is 0.423 e. The van der Waals surface area contributed by atoms with Crippen molar-refractivity contribution in [3.05, 3.63) is 41.8 Å². The van der Waals surface area contributed by atoms with Crippen LogP contribution in [0.1, 0.15) is 31.2 Å². The lowest BCUT2D eigenvalue weighted by atomic mass is 10.3. The minimum absolute atomic E-state index is 0.0393. The van der Waals surface area contributed by atoms with E-state index in [9.17, 15) is 17.6 Å². The summed E-state index contributed by atoms with van der Waals surface area (Å²) in [7, 11) is 0. The molecule has 0 radical (unpaired) electrons. The first-order valence-electron chi connectivity index (χ1n) is 7.55. The first-order valence-corrected chi connectivity index (χ1v) is 7.55. The zero-order valence-electron chi connectivity index (χ0n) is 12.6. The number of nitrogens with zero attached hydrogens (tertiary/aromatic N) is 2. The Balaban J connectivity index is 1.86. The maximum atomic E-state index is 13.1. The molecule has 1 aromatic carbocycles. The molecule has 0 unspecified atom stereocenters. The highest BCUT2D eigenvalue weighted by Crippen LogP contribution is 2.37. The van der Waals surface area contributed by atoms with Gasteiger partial charge < -0.3 is 10.1 Å². The van der Waals surface area contributed by atoms with Gasteiger partial charge in [-0.25, -0.2) is 9.37 Å². The molecule has 1 N–H and O–H groups in total. The van der Waals surface area contributed by atoms with Crippen LogP contribution in [0.5, 0.6) is 5.88 Å². The van der Waals surface area contributed by atoms with Crippen LogP contribution in [0.4, 0.5) is 29.2 Å². The van der Waals surface area contributed by atoms with Gasteiger partial charge in [0.1, 0.15) is 17.5 Å². The second-order valence-electron chi connectivity index (χ2n) is 5.57. The summed E-state index contributed by atoms with van der Waals surface area (Å²) < 4.78 is 57.7. The molecule has 1 saturated carbocycles. The Morgan fingerprint density at radius 3 is 2.38 bits per heavy atom. The van der Waals surface area contributed by atoms with Crippen LogP contribution in [0.15, 0.2) is 30.5 Å². The molecule has 0 amide bonds. The van der Waals surface area contributed by atoms with Crippen molar-refractivity contribution in [2.75, 3.05) is 5.32 Å². The molecule has 1 aromatic heterocycles. The molecule has 0 bridgehead atoms. The Morgan fingerprint density at radius 2 is 1.75 bits per heavy atom. The zero-order chi connectivity index (χ0) is 17.2. The van der Waals surface area contributed by atoms with Crippen molar-refractivity contribution < 1.29 is 22.3 Å². The van der Waals surface area contributed by atoms with Crippen molar-refractivity contribution in [3.8, 4) is 5.88 Å². The Bertz CT molecular complexity index is 697. The predicted octanol–water partition coefficient (Wildman–Crippen LogP) is 4.70. The minimum atomic E-state index is -4.59. The van der Waals surface area contributed by atoms with E-state index in [1.165, 1.54) is 24.3 Å². The molecule has 24 heavy (non-hydrogen) atoms. The van der Waals surface area contributed by atoms with Gasteiger partial charge >= 0.3 is 6.18 Å². The zero-order valence-corrected chi connectivity index (χ0v) is 12.6. The Hall–Kier alpha value is -2.38. The van der Waals surface area contributed by atoms with Crippen LogP contribution in [0.3, 0.4) is 0 Å². The average molecular weight is 341 g/mol. The molecule has 2 aromatic rings. The first-order chi connectivity index (χ1) is 11.4. The van der Waals surface area contributed by atoms with Crippen LogP contribution in [0, 0.1) is 5.82 Å². The van der Waals surface area contributed by atoms with Gasteiger partial charge in [-0.2, -0.15) is 18.2 Å². The molecule has 4 nitrogen and oxygen atoms in total. The molecule has 3 rings (SSSR count). The molecule has 1 fully saturated rings. The molecule has 0 saturated heterocycles. The molecular weight excluding hydrogens is 326 g/mol. The largest absolute Gasteiger partial charge is 0.474 e. The summed E-state index contributed by atoms with van der Waals surface area (Å²) >= 11 is 0. The highest BCUT2D eigenvalue weighted by atomic mass is 19.4. The van der Waals surface area contributed by atoms with Crippen LogP contribution in [0.2, 0.25) is 0 Å². The van der Waals surface area contributed by atoms with Crippen LogP contribution in [-0.4, -0.2) is 16.1 Å². The van der Waals surface area contributed by atoms with Gasteiger partial charge in [0.25, 0.3) is 0 Å². The average Bonchev–Trinajstić information content (AvgIpc) is 3.02. The van der Waals surface area contributed by atoms with E-state index in [4.69, 9.17) is 4.74 Å². The number of halogens is 4. The molecule has 0 atom stereocenters. The highest BCUT2D eigenvalue weighted by molar-refractivity contribution is 5.53. The van der Waals surface area contributed by atoms with Crippen LogP contribution in [-0.2, 0) is 6.18 Å². The topological polar surface area (TPSA) is 47.0 Å². The summed E-state index contributed by atoms with van der Waals surface area (Å²) in [6, 6.07) is 5.33. The lowest BCUT2D eigenvalue weighted by Crippen LogP contribution is -2.17. The normalized spacial score (nSPS) is 15.5. The third-order valence-electron chi connectivity index (χ3n) is 3.74. The van der Waals surface area contributed by atoms with Crippen molar-refractivity contribution in [1.82, 2.24) is 9.97 Å². The summed E-state index contributed by atoms with van der Waals surface area (Å²) in [5.41, 5.74) is -0.540. The van der Waals surface area contributed by atoms with E-state index < -0.39 is 23.4 Å². The molecule has 128 valence electrons. The van der Waals surface area contributed by atoms with Gasteiger partial charge in [-0.05, 0) is 49.9 Å². The monoisotopic (exact) mass is 341 g/mol. The number of hydrogen-bond donors (Lipinski definition) is 1. The molecule has 1 aliphatic carbocycles. The Kier molecular flexibility index (Phi) is 4.55. The van der Waals surface area contributed by atoms with Crippen LogP contribution < -0.4 is 10.1 Å². The number of rotatable bonds is 4. The Morgan fingerprint density at radius 1 is 1.08 bits per heavy atom. The molecule has 1 heterocycles. The summed E-state index contributed by atoms with van der Waals surface area (Å²) in [5.74, 6) is -0.934. The van der Waals surface area contributed by atoms with E-state index in [0.717, 1.165) is 12.8 Å². The third-order valence-corrected chi connectivity index (χ3v) is 3.74. The number of aromatic nitrogens is 2. The van der Waals surface area contributed by atoms with Gasteiger partial charge in [-0.15, -0.1) is 0 Å². The third kappa shape index (κ3) is 3.93. The van der Waals surface area contributed by atoms with E-state index in [2.05, 4.69) is 15.3 Å². The summed E-state index contributed by atoms with van der Waals surface area (Å²) in [5, 5.41) is 2.74. The molecule has 8 heteroatoms. The Labute approximate surface area is 135 Å². The second kappa shape index (κ2) is 6.62. The quantitative estimate of drug-likeness (QED) is 0.819. The number of ether oxygens (including phenoxy) is 1. The van der Waals surface area contributed by atoms with Crippen LogP contribution >= 0.6 is 0 Å². The van der Waals surface area contributed by atoms with Crippen molar-refractivity contribution >= 4 is 11.6 Å². The van der Waals surface area contributed by atoms with E-state index >= 15 is 0 Å². The van der Waals surface area contributed by atoms with Crippen molar-refractivity contribution in [3.63, 3.8) is 0 Å². The van der Waals surface area contributed by atoms with Crippen molar-refractivity contribution in [1.29, 1.82) is 0 Å². The summed E-state index contributed by atoms with van der Waals surface area (Å²) in [6.45, 7) is 0. The van der Waals surface area contributed by atoms with E-state index in [-0.39, 0.29) is 12.1 Å². The number of benzene rings is 1. The predicted molar refractivity (Wildman–Crippen MR) is 79.6 cm³/mol. The van der Waals surface area contributed by atoms with Crippen LogP contribution in [0.25, 0.3) is 0 Å². The molecule has 1 aliphatic rings. The highest BCUT2D eigenvalue weighted by Gasteiger charge is 2.37. The number of alkyl halides is 3. The number of nitrogens with one attached hydrogen (secondary N) is 1. The number of hydrogen-bond acceptors (Lipinski definition) is 4. The summed E-state index contributed by atoms with van der Waals surface area (Å²) in [6.07, 6.45) is -0.884. The minimum Gasteiger partial charge on any atom is -0.474 e. The number of anilines is 2. The fraction of sp³-hybridized carbons (Fsp3) is 0.375. The second-order valence-corrected chi connectivity index (χ2v) is 5.57. The first kappa shape index (κ1) is 16.5. The summed E-state index contributed by atoms with van der Waals surface area (Å²) in [4.78, 5) is 7.54. The van der Waals surface area contributed by atoms with Gasteiger partial charge in [0, 0.05) is 11.9 Å². The fourth-order valence-electron chi connectivity index (χ4n) is 2.54. The van der Waals surface area contributed by atoms with Crippen molar-refractivity contribution in [2.45, 2.75) is 38.0 Å². The maximum Gasteiger partial charge on any atom is 0.423 e. The lowest BCUT2D eigenvalue weighted by Gasteiger charge is -2.17. The van der Waals surface area contributed by atoms with E-state index in [1.54, 1.807) is 0 Å². The maximum absolute atomic E-state index is 13.1. The van der Waals surface area contributed by atoms with E-state index in [1.807, 2.05) is 0 Å². The van der Waals surface area contributed by atoms with Gasteiger partial charge in [0.15, 0.2) is 0 Å². The molecule has 0 aliphatic heterocycles. The standard InChI is InChI=1S/C16H15F4N3O/c17-10-5-7-11(8-6-10)22-15-21-9-13(16(18,19)20)14(23-15)24-12-3-1-2-4-12/h5-9,12H,1-4H2,(H,21,22,23). The van der Waals surface area contributed by atoms with Gasteiger partial charge in [0.05, 0.1) is 0 Å². The molecular formula is C16H15F4N3O. The van der Waals surface area contributed by atoms with E-state index in [0.29, 0.717) is 24.7 Å².